The molecule has 2 rings (SSSR count). The summed E-state index contributed by atoms with van der Waals surface area (Å²) in [4.78, 5) is 2.36. The Kier molecular flexibility index (Phi) is 4.13. The molecule has 1 aromatic rings. The number of rotatable bonds is 3. The monoisotopic (exact) mass is 229 g/mol. The third-order valence-corrected chi connectivity index (χ3v) is 3.44. The minimum Gasteiger partial charge on any atom is -0.310 e. The molecule has 0 amide bonds. The molecule has 1 aliphatic heterocycles. The van der Waals surface area contributed by atoms with Crippen LogP contribution in [0.25, 0.3) is 0 Å². The highest BCUT2D eigenvalue weighted by molar-refractivity contribution is 5.37. The molecule has 1 fully saturated rings. The standard InChI is InChI=1S/C14H19N3/c1-17-8-6-14(7-9-17)16-11-13-5-3-2-4-12(13)10-15/h2-5,14,16H,6-9,11H2,1H3. The van der Waals surface area contributed by atoms with E-state index in [0.717, 1.165) is 30.8 Å². The van der Waals surface area contributed by atoms with Crippen LogP contribution in [0.1, 0.15) is 24.0 Å². The molecule has 0 atom stereocenters. The molecule has 0 unspecified atom stereocenters. The normalized spacial score (nSPS) is 17.9. The number of benzene rings is 1. The quantitative estimate of drug-likeness (QED) is 0.858. The van der Waals surface area contributed by atoms with Crippen molar-refractivity contribution in [2.24, 2.45) is 0 Å². The van der Waals surface area contributed by atoms with Crippen LogP contribution >= 0.6 is 0 Å². The van der Waals surface area contributed by atoms with Crippen molar-refractivity contribution in [2.75, 3.05) is 20.1 Å². The van der Waals surface area contributed by atoms with E-state index < -0.39 is 0 Å². The molecule has 1 N–H and O–H groups in total. The highest BCUT2D eigenvalue weighted by Gasteiger charge is 2.15. The number of piperidine rings is 1. The van der Waals surface area contributed by atoms with Crippen LogP contribution in [-0.4, -0.2) is 31.1 Å². The minimum atomic E-state index is 0.595. The van der Waals surface area contributed by atoms with Crippen molar-refractivity contribution in [3.63, 3.8) is 0 Å². The first kappa shape index (κ1) is 12.1. The number of likely N-dealkylation sites (tertiary alicyclic amines) is 1. The zero-order valence-electron chi connectivity index (χ0n) is 10.3. The average Bonchev–Trinajstić information content (AvgIpc) is 2.38. The van der Waals surface area contributed by atoms with Crippen molar-refractivity contribution in [3.05, 3.63) is 35.4 Å². The van der Waals surface area contributed by atoms with Crippen LogP contribution in [0.5, 0.6) is 0 Å². The van der Waals surface area contributed by atoms with Gasteiger partial charge in [0.1, 0.15) is 0 Å². The Morgan fingerprint density at radius 1 is 1.35 bits per heavy atom. The van der Waals surface area contributed by atoms with Gasteiger partial charge in [0.05, 0.1) is 11.6 Å². The number of hydrogen-bond donors (Lipinski definition) is 1. The molecule has 1 heterocycles. The predicted molar refractivity (Wildman–Crippen MR) is 68.5 cm³/mol. The van der Waals surface area contributed by atoms with Gasteiger partial charge in [-0.25, -0.2) is 0 Å². The molecule has 0 saturated carbocycles. The molecular weight excluding hydrogens is 210 g/mol. The largest absolute Gasteiger partial charge is 0.310 e. The van der Waals surface area contributed by atoms with Crippen molar-refractivity contribution in [2.45, 2.75) is 25.4 Å². The van der Waals surface area contributed by atoms with E-state index in [2.05, 4.69) is 23.3 Å². The molecule has 17 heavy (non-hydrogen) atoms. The van der Waals surface area contributed by atoms with Gasteiger partial charge in [0.25, 0.3) is 0 Å². The van der Waals surface area contributed by atoms with Gasteiger partial charge in [0, 0.05) is 12.6 Å². The van der Waals surface area contributed by atoms with Gasteiger partial charge in [-0.05, 0) is 44.6 Å². The number of hydrogen-bond acceptors (Lipinski definition) is 3. The van der Waals surface area contributed by atoms with Crippen LogP contribution in [0, 0.1) is 11.3 Å². The molecule has 0 radical (unpaired) electrons. The van der Waals surface area contributed by atoms with Crippen LogP contribution in [0.3, 0.4) is 0 Å². The fraction of sp³-hybridized carbons (Fsp3) is 0.500. The molecule has 3 nitrogen and oxygen atoms in total. The maximum atomic E-state index is 9.01. The third kappa shape index (κ3) is 3.29. The summed E-state index contributed by atoms with van der Waals surface area (Å²) in [7, 11) is 2.17. The van der Waals surface area contributed by atoms with Crippen LogP contribution in [0.2, 0.25) is 0 Å². The topological polar surface area (TPSA) is 39.1 Å². The first-order valence-corrected chi connectivity index (χ1v) is 6.19. The zero-order valence-corrected chi connectivity index (χ0v) is 10.3. The summed E-state index contributed by atoms with van der Waals surface area (Å²) in [5.41, 5.74) is 1.89. The molecule has 1 aromatic carbocycles. The van der Waals surface area contributed by atoms with Crippen molar-refractivity contribution >= 4 is 0 Å². The van der Waals surface area contributed by atoms with Crippen molar-refractivity contribution in [1.82, 2.24) is 10.2 Å². The van der Waals surface area contributed by atoms with Crippen LogP contribution in [-0.2, 0) is 6.54 Å². The summed E-state index contributed by atoms with van der Waals surface area (Å²) in [6, 6.07) is 10.7. The summed E-state index contributed by atoms with van der Waals surface area (Å²) < 4.78 is 0. The zero-order chi connectivity index (χ0) is 12.1. The second-order valence-electron chi connectivity index (χ2n) is 4.73. The molecule has 0 aliphatic carbocycles. The van der Waals surface area contributed by atoms with Gasteiger partial charge in [0.15, 0.2) is 0 Å². The number of nitrogens with one attached hydrogen (secondary N) is 1. The molecule has 1 aliphatic rings. The summed E-state index contributed by atoms with van der Waals surface area (Å²) >= 11 is 0. The van der Waals surface area contributed by atoms with E-state index >= 15 is 0 Å². The lowest BCUT2D eigenvalue weighted by atomic mass is 10.0. The summed E-state index contributed by atoms with van der Waals surface area (Å²) in [6.07, 6.45) is 2.40. The van der Waals surface area contributed by atoms with Gasteiger partial charge in [-0.2, -0.15) is 5.26 Å². The Hall–Kier alpha value is -1.37. The van der Waals surface area contributed by atoms with E-state index in [1.54, 1.807) is 0 Å². The van der Waals surface area contributed by atoms with E-state index in [-0.39, 0.29) is 0 Å². The Balaban J connectivity index is 1.88. The summed E-state index contributed by atoms with van der Waals surface area (Å²) in [5, 5.41) is 12.6. The molecule has 0 aromatic heterocycles. The van der Waals surface area contributed by atoms with E-state index in [9.17, 15) is 0 Å². The fourth-order valence-electron chi connectivity index (χ4n) is 2.25. The van der Waals surface area contributed by atoms with Gasteiger partial charge in [0.2, 0.25) is 0 Å². The van der Waals surface area contributed by atoms with Crippen molar-refractivity contribution in [3.8, 4) is 6.07 Å². The second-order valence-corrected chi connectivity index (χ2v) is 4.73. The predicted octanol–water partition coefficient (Wildman–Crippen LogP) is 1.74. The van der Waals surface area contributed by atoms with Crippen molar-refractivity contribution in [1.29, 1.82) is 5.26 Å². The van der Waals surface area contributed by atoms with Gasteiger partial charge >= 0.3 is 0 Å². The van der Waals surface area contributed by atoms with E-state index in [1.165, 1.54) is 12.8 Å². The lowest BCUT2D eigenvalue weighted by Gasteiger charge is -2.29. The highest BCUT2D eigenvalue weighted by atomic mass is 15.1. The molecule has 0 bridgehead atoms. The second kappa shape index (κ2) is 5.81. The summed E-state index contributed by atoms with van der Waals surface area (Å²) in [5.74, 6) is 0. The highest BCUT2D eigenvalue weighted by Crippen LogP contribution is 2.11. The molecular formula is C14H19N3. The van der Waals surface area contributed by atoms with E-state index in [1.807, 2.05) is 24.3 Å². The van der Waals surface area contributed by atoms with Gasteiger partial charge in [-0.15, -0.1) is 0 Å². The SMILES string of the molecule is CN1CCC(NCc2ccccc2C#N)CC1. The van der Waals surface area contributed by atoms with Gasteiger partial charge < -0.3 is 10.2 Å². The van der Waals surface area contributed by atoms with Gasteiger partial charge in [-0.3, -0.25) is 0 Å². The lowest BCUT2D eigenvalue weighted by Crippen LogP contribution is -2.40. The first-order valence-electron chi connectivity index (χ1n) is 6.19. The third-order valence-electron chi connectivity index (χ3n) is 3.44. The molecule has 3 heteroatoms. The van der Waals surface area contributed by atoms with Gasteiger partial charge in [-0.1, -0.05) is 18.2 Å². The van der Waals surface area contributed by atoms with Crippen LogP contribution < -0.4 is 5.32 Å². The van der Waals surface area contributed by atoms with Crippen LogP contribution in [0.4, 0.5) is 0 Å². The van der Waals surface area contributed by atoms with E-state index in [4.69, 9.17) is 5.26 Å². The minimum absolute atomic E-state index is 0.595. The Labute approximate surface area is 103 Å². The Morgan fingerprint density at radius 2 is 2.06 bits per heavy atom. The van der Waals surface area contributed by atoms with Crippen LogP contribution in [0.15, 0.2) is 24.3 Å². The molecule has 90 valence electrons. The summed E-state index contributed by atoms with van der Waals surface area (Å²) in [6.45, 7) is 3.13. The maximum absolute atomic E-state index is 9.01. The lowest BCUT2D eigenvalue weighted by molar-refractivity contribution is 0.234. The fourth-order valence-corrected chi connectivity index (χ4v) is 2.25. The van der Waals surface area contributed by atoms with Crippen molar-refractivity contribution < 1.29 is 0 Å². The smallest absolute Gasteiger partial charge is 0.0995 e. The molecule has 0 spiro atoms. The molecule has 1 saturated heterocycles. The Morgan fingerprint density at radius 3 is 2.76 bits per heavy atom. The maximum Gasteiger partial charge on any atom is 0.0995 e. The van der Waals surface area contributed by atoms with E-state index in [0.29, 0.717) is 6.04 Å². The number of nitrogens with zero attached hydrogens (tertiary/aromatic N) is 2. The number of nitriles is 1. The Bertz CT molecular complexity index is 400. The first-order chi connectivity index (χ1) is 8.29. The average molecular weight is 229 g/mol.